The largest absolute Gasteiger partial charge is 0.444 e. The first-order chi connectivity index (χ1) is 11.3. The maximum atomic E-state index is 13.3. The molecule has 0 aromatic carbocycles. The molecule has 24 heavy (non-hydrogen) atoms. The molecule has 3 atom stereocenters. The van der Waals surface area contributed by atoms with Crippen LogP contribution >= 0.6 is 0 Å². The fraction of sp³-hybridized carbons (Fsp3) is 0.588. The van der Waals surface area contributed by atoms with E-state index in [2.05, 4.69) is 15.3 Å². The zero-order chi connectivity index (χ0) is 17.5. The van der Waals surface area contributed by atoms with Crippen LogP contribution in [0.1, 0.15) is 27.7 Å². The van der Waals surface area contributed by atoms with Gasteiger partial charge in [0.25, 0.3) is 0 Å². The lowest BCUT2D eigenvalue weighted by Crippen LogP contribution is -2.55. The highest BCUT2D eigenvalue weighted by molar-refractivity contribution is 5.69. The Labute approximate surface area is 141 Å². The van der Waals surface area contributed by atoms with Crippen LogP contribution in [0.25, 0.3) is 0 Å². The van der Waals surface area contributed by atoms with Gasteiger partial charge in [0.1, 0.15) is 17.7 Å². The molecule has 1 aliphatic heterocycles. The van der Waals surface area contributed by atoms with Gasteiger partial charge in [-0.2, -0.15) is 4.39 Å². The zero-order valence-electron chi connectivity index (χ0n) is 14.4. The number of halogens is 1. The Hall–Kier alpha value is -2.18. The van der Waals surface area contributed by atoms with Gasteiger partial charge in [-0.1, -0.05) is 6.08 Å². The number of ether oxygens (including phenoxy) is 1. The van der Waals surface area contributed by atoms with Gasteiger partial charge in [-0.3, -0.25) is 0 Å². The van der Waals surface area contributed by atoms with Crippen LogP contribution in [-0.4, -0.2) is 40.8 Å². The minimum atomic E-state index is -0.533. The summed E-state index contributed by atoms with van der Waals surface area (Å²) in [6.07, 6.45) is 2.88. The molecule has 2 aliphatic rings. The predicted octanol–water partition coefficient (Wildman–Crippen LogP) is 2.52. The SMILES string of the molecule is C/C=C1\C2CN(c3cc(F)ncn3)C[C@H]2[C@@H]1NC(=O)OC(C)(C)C. The van der Waals surface area contributed by atoms with E-state index in [1.807, 2.05) is 38.7 Å². The second-order valence-corrected chi connectivity index (χ2v) is 7.29. The van der Waals surface area contributed by atoms with Gasteiger partial charge in [0.15, 0.2) is 0 Å². The maximum Gasteiger partial charge on any atom is 0.408 e. The molecular formula is C17H23FN4O2. The third-order valence-corrected chi connectivity index (χ3v) is 4.53. The number of amides is 1. The number of fused-ring (bicyclic) bond motifs is 1. The van der Waals surface area contributed by atoms with Crippen molar-refractivity contribution in [3.63, 3.8) is 0 Å². The molecule has 0 radical (unpaired) electrons. The Bertz CT molecular complexity index is 671. The first-order valence-corrected chi connectivity index (χ1v) is 8.16. The Morgan fingerprint density at radius 1 is 1.42 bits per heavy atom. The Morgan fingerprint density at radius 2 is 2.17 bits per heavy atom. The van der Waals surface area contributed by atoms with Gasteiger partial charge in [0, 0.05) is 31.0 Å². The standard InChI is InChI=1S/C17H23FN4O2/c1-5-10-11-7-22(14-6-13(18)19-9-20-14)8-12(11)15(10)21-16(23)24-17(2,3)4/h5-6,9,11-12,15H,7-8H2,1-4H3,(H,21,23)/b10-5+/t11?,12-,15-/m1/s1. The lowest BCUT2D eigenvalue weighted by atomic mass is 9.67. The van der Waals surface area contributed by atoms with Crippen LogP contribution in [0, 0.1) is 17.8 Å². The molecule has 2 fully saturated rings. The van der Waals surface area contributed by atoms with Gasteiger partial charge in [0.2, 0.25) is 5.95 Å². The number of allylic oxidation sites excluding steroid dienone is 1. The van der Waals surface area contributed by atoms with Crippen molar-refractivity contribution in [2.45, 2.75) is 39.3 Å². The molecule has 1 aliphatic carbocycles. The molecule has 1 amide bonds. The van der Waals surface area contributed by atoms with Crippen LogP contribution in [-0.2, 0) is 4.74 Å². The van der Waals surface area contributed by atoms with Crippen molar-refractivity contribution in [2.24, 2.45) is 11.8 Å². The van der Waals surface area contributed by atoms with E-state index in [1.54, 1.807) is 0 Å². The summed E-state index contributed by atoms with van der Waals surface area (Å²) in [5.74, 6) is 0.687. The van der Waals surface area contributed by atoms with Crippen molar-refractivity contribution < 1.29 is 13.9 Å². The number of rotatable bonds is 2. The molecule has 7 heteroatoms. The minimum absolute atomic E-state index is 0.0356. The van der Waals surface area contributed by atoms with E-state index in [-0.39, 0.29) is 12.0 Å². The van der Waals surface area contributed by atoms with E-state index in [9.17, 15) is 9.18 Å². The van der Waals surface area contributed by atoms with Gasteiger partial charge < -0.3 is 15.0 Å². The molecule has 0 bridgehead atoms. The number of nitrogens with zero attached hydrogens (tertiary/aromatic N) is 3. The number of anilines is 1. The quantitative estimate of drug-likeness (QED) is 0.665. The van der Waals surface area contributed by atoms with E-state index < -0.39 is 17.6 Å². The van der Waals surface area contributed by atoms with Crippen molar-refractivity contribution in [2.75, 3.05) is 18.0 Å². The smallest absolute Gasteiger partial charge is 0.408 e. The van der Waals surface area contributed by atoms with Crippen LogP contribution in [0.2, 0.25) is 0 Å². The lowest BCUT2D eigenvalue weighted by Gasteiger charge is -2.43. The van der Waals surface area contributed by atoms with Gasteiger partial charge in [0.05, 0.1) is 6.04 Å². The number of nitrogens with one attached hydrogen (secondary N) is 1. The number of alkyl carbamates (subject to hydrolysis) is 1. The number of carbonyl (C=O) groups excluding carboxylic acids is 1. The highest BCUT2D eigenvalue weighted by Gasteiger charge is 2.51. The number of hydrogen-bond donors (Lipinski definition) is 1. The molecule has 1 aromatic heterocycles. The molecule has 3 rings (SSSR count). The Kier molecular flexibility index (Phi) is 4.19. The molecule has 1 saturated heterocycles. The molecule has 0 spiro atoms. The molecule has 1 N–H and O–H groups in total. The van der Waals surface area contributed by atoms with Crippen LogP contribution in [0.15, 0.2) is 24.0 Å². The second-order valence-electron chi connectivity index (χ2n) is 7.29. The molecule has 6 nitrogen and oxygen atoms in total. The van der Waals surface area contributed by atoms with E-state index in [4.69, 9.17) is 4.74 Å². The molecule has 130 valence electrons. The fourth-order valence-electron chi connectivity index (χ4n) is 3.58. The molecule has 1 saturated carbocycles. The number of carbonyl (C=O) groups is 1. The summed E-state index contributed by atoms with van der Waals surface area (Å²) in [7, 11) is 0. The van der Waals surface area contributed by atoms with Crippen LogP contribution in [0.4, 0.5) is 15.0 Å². The van der Waals surface area contributed by atoms with Crippen molar-refractivity contribution >= 4 is 11.9 Å². The lowest BCUT2D eigenvalue weighted by molar-refractivity contribution is 0.0466. The van der Waals surface area contributed by atoms with Gasteiger partial charge in [-0.15, -0.1) is 0 Å². The van der Waals surface area contributed by atoms with Gasteiger partial charge in [-0.25, -0.2) is 14.8 Å². The van der Waals surface area contributed by atoms with E-state index in [0.717, 1.165) is 13.1 Å². The average Bonchev–Trinajstić information content (AvgIpc) is 2.84. The van der Waals surface area contributed by atoms with Crippen molar-refractivity contribution in [1.29, 1.82) is 0 Å². The van der Waals surface area contributed by atoms with Crippen LogP contribution in [0.5, 0.6) is 0 Å². The van der Waals surface area contributed by atoms with E-state index in [1.165, 1.54) is 18.0 Å². The molecule has 1 aromatic rings. The minimum Gasteiger partial charge on any atom is -0.444 e. The first kappa shape index (κ1) is 16.7. The van der Waals surface area contributed by atoms with E-state index in [0.29, 0.717) is 11.7 Å². The highest BCUT2D eigenvalue weighted by Crippen LogP contribution is 2.46. The fourth-order valence-corrected chi connectivity index (χ4v) is 3.58. The van der Waals surface area contributed by atoms with Crippen molar-refractivity contribution in [3.8, 4) is 0 Å². The van der Waals surface area contributed by atoms with Crippen molar-refractivity contribution in [3.05, 3.63) is 30.0 Å². The predicted molar refractivity (Wildman–Crippen MR) is 88.1 cm³/mol. The highest BCUT2D eigenvalue weighted by atomic mass is 19.1. The third kappa shape index (κ3) is 3.20. The monoisotopic (exact) mass is 334 g/mol. The maximum absolute atomic E-state index is 13.3. The first-order valence-electron chi connectivity index (χ1n) is 8.16. The second kappa shape index (κ2) is 6.03. The normalized spacial score (nSPS) is 27.6. The number of hydrogen-bond acceptors (Lipinski definition) is 5. The summed E-state index contributed by atoms with van der Waals surface area (Å²) in [6, 6.07) is 1.31. The van der Waals surface area contributed by atoms with Crippen molar-refractivity contribution in [1.82, 2.24) is 15.3 Å². The van der Waals surface area contributed by atoms with Crippen LogP contribution < -0.4 is 10.2 Å². The third-order valence-electron chi connectivity index (χ3n) is 4.53. The summed E-state index contributed by atoms with van der Waals surface area (Å²) in [5, 5.41) is 2.97. The summed E-state index contributed by atoms with van der Waals surface area (Å²) >= 11 is 0. The topological polar surface area (TPSA) is 67.4 Å². The zero-order valence-corrected chi connectivity index (χ0v) is 14.4. The Balaban J connectivity index is 1.68. The van der Waals surface area contributed by atoms with Crippen LogP contribution in [0.3, 0.4) is 0 Å². The molecule has 2 heterocycles. The number of aromatic nitrogens is 2. The van der Waals surface area contributed by atoms with Gasteiger partial charge in [-0.05, 0) is 33.3 Å². The summed E-state index contributed by atoms with van der Waals surface area (Å²) < 4.78 is 18.7. The summed E-state index contributed by atoms with van der Waals surface area (Å²) in [4.78, 5) is 21.7. The van der Waals surface area contributed by atoms with Gasteiger partial charge >= 0.3 is 6.09 Å². The Morgan fingerprint density at radius 3 is 2.79 bits per heavy atom. The molecule has 1 unspecified atom stereocenters. The summed E-state index contributed by atoms with van der Waals surface area (Å²) in [6.45, 7) is 8.99. The average molecular weight is 334 g/mol. The summed E-state index contributed by atoms with van der Waals surface area (Å²) in [5.41, 5.74) is 0.673. The molecular weight excluding hydrogens is 311 g/mol. The van der Waals surface area contributed by atoms with E-state index >= 15 is 0 Å².